The largest absolute Gasteiger partial charge is 0.478 e. The van der Waals surface area contributed by atoms with Crippen molar-refractivity contribution >= 4 is 17.7 Å². The van der Waals surface area contributed by atoms with Gasteiger partial charge >= 0.3 is 12.0 Å². The molecule has 0 radical (unpaired) electrons. The number of carbonyl (C=O) groups is 2. The zero-order chi connectivity index (χ0) is 15.3. The quantitative estimate of drug-likeness (QED) is 0.776. The molecule has 3 N–H and O–H groups in total. The standard InChI is InChI=1S/C14H19FN2O3/c1-4-8(2)9(3)16-14(20)17-10-5-6-11(13(18)19)12(15)7-10/h5-9H,4H2,1-3H3,(H,18,19)(H2,16,17,20). The Hall–Kier alpha value is -2.11. The summed E-state index contributed by atoms with van der Waals surface area (Å²) < 4.78 is 13.4. The summed E-state index contributed by atoms with van der Waals surface area (Å²) in [5.41, 5.74) is -0.217. The Morgan fingerprint density at radius 3 is 2.50 bits per heavy atom. The highest BCUT2D eigenvalue weighted by atomic mass is 19.1. The van der Waals surface area contributed by atoms with Gasteiger partial charge in [-0.3, -0.25) is 0 Å². The molecule has 6 heteroatoms. The molecule has 0 saturated carbocycles. The van der Waals surface area contributed by atoms with Crippen molar-refractivity contribution in [1.29, 1.82) is 0 Å². The number of urea groups is 1. The summed E-state index contributed by atoms with van der Waals surface area (Å²) in [5.74, 6) is -1.90. The SMILES string of the molecule is CCC(C)C(C)NC(=O)Nc1ccc(C(=O)O)c(F)c1. The average molecular weight is 282 g/mol. The molecule has 0 aromatic heterocycles. The summed E-state index contributed by atoms with van der Waals surface area (Å²) in [6, 6.07) is 2.99. The van der Waals surface area contributed by atoms with E-state index in [0.717, 1.165) is 18.6 Å². The normalized spacial score (nSPS) is 13.4. The first-order chi connectivity index (χ1) is 9.35. The molecule has 5 nitrogen and oxygen atoms in total. The minimum Gasteiger partial charge on any atom is -0.478 e. The van der Waals surface area contributed by atoms with Gasteiger partial charge in [0.2, 0.25) is 0 Å². The Kier molecular flexibility index (Phi) is 5.49. The molecular formula is C14H19FN2O3. The summed E-state index contributed by atoms with van der Waals surface area (Å²) in [5, 5.41) is 13.9. The molecule has 1 aromatic rings. The van der Waals surface area contributed by atoms with Gasteiger partial charge in [-0.1, -0.05) is 20.3 Å². The zero-order valence-electron chi connectivity index (χ0n) is 11.7. The molecule has 0 spiro atoms. The Morgan fingerprint density at radius 1 is 1.35 bits per heavy atom. The van der Waals surface area contributed by atoms with Crippen LogP contribution in [0.15, 0.2) is 18.2 Å². The third kappa shape index (κ3) is 4.22. The smallest absolute Gasteiger partial charge is 0.338 e. The Morgan fingerprint density at radius 2 is 2.00 bits per heavy atom. The summed E-state index contributed by atoms with van der Waals surface area (Å²) in [6.45, 7) is 5.94. The minimum atomic E-state index is -1.34. The fraction of sp³-hybridized carbons (Fsp3) is 0.429. The van der Waals surface area contributed by atoms with E-state index in [1.165, 1.54) is 6.07 Å². The molecule has 20 heavy (non-hydrogen) atoms. The van der Waals surface area contributed by atoms with E-state index in [9.17, 15) is 14.0 Å². The lowest BCUT2D eigenvalue weighted by molar-refractivity contribution is 0.0692. The lowest BCUT2D eigenvalue weighted by Gasteiger charge is -2.20. The molecule has 0 aliphatic carbocycles. The first kappa shape index (κ1) is 15.9. The van der Waals surface area contributed by atoms with Crippen LogP contribution in [0.2, 0.25) is 0 Å². The maximum atomic E-state index is 13.4. The Bertz CT molecular complexity index is 505. The molecular weight excluding hydrogens is 263 g/mol. The van der Waals surface area contributed by atoms with Crippen molar-refractivity contribution in [1.82, 2.24) is 5.32 Å². The van der Waals surface area contributed by atoms with Gasteiger partial charge in [0, 0.05) is 11.7 Å². The van der Waals surface area contributed by atoms with Gasteiger partial charge in [-0.05, 0) is 31.0 Å². The summed E-state index contributed by atoms with van der Waals surface area (Å²) in [4.78, 5) is 22.4. The van der Waals surface area contributed by atoms with Crippen LogP contribution in [0.3, 0.4) is 0 Å². The topological polar surface area (TPSA) is 78.4 Å². The summed E-state index contributed by atoms with van der Waals surface area (Å²) >= 11 is 0. The second-order valence-corrected chi connectivity index (χ2v) is 4.77. The number of aromatic carboxylic acids is 1. The molecule has 0 heterocycles. The van der Waals surface area contributed by atoms with Gasteiger partial charge in [-0.25, -0.2) is 14.0 Å². The number of anilines is 1. The highest BCUT2D eigenvalue weighted by Crippen LogP contribution is 2.15. The molecule has 2 atom stereocenters. The van der Waals surface area contributed by atoms with Crippen molar-refractivity contribution in [2.75, 3.05) is 5.32 Å². The van der Waals surface area contributed by atoms with Crippen LogP contribution < -0.4 is 10.6 Å². The Balaban J connectivity index is 2.67. The van der Waals surface area contributed by atoms with E-state index in [-0.39, 0.29) is 11.7 Å². The van der Waals surface area contributed by atoms with Crippen LogP contribution in [0.1, 0.15) is 37.6 Å². The van der Waals surface area contributed by atoms with E-state index in [1.54, 1.807) is 0 Å². The fourth-order valence-electron chi connectivity index (χ4n) is 1.64. The molecule has 0 aliphatic heterocycles. The van der Waals surface area contributed by atoms with Crippen molar-refractivity contribution in [2.45, 2.75) is 33.2 Å². The van der Waals surface area contributed by atoms with Crippen LogP contribution in [0.25, 0.3) is 0 Å². The molecule has 2 amide bonds. The van der Waals surface area contributed by atoms with E-state index in [0.29, 0.717) is 5.92 Å². The first-order valence-electron chi connectivity index (χ1n) is 6.45. The molecule has 0 bridgehead atoms. The number of carboxylic acid groups (broad SMARTS) is 1. The predicted molar refractivity (Wildman–Crippen MR) is 74.4 cm³/mol. The van der Waals surface area contributed by atoms with Crippen molar-refractivity contribution in [3.63, 3.8) is 0 Å². The van der Waals surface area contributed by atoms with Crippen molar-refractivity contribution < 1.29 is 19.1 Å². The average Bonchev–Trinajstić information content (AvgIpc) is 2.37. The highest BCUT2D eigenvalue weighted by Gasteiger charge is 2.14. The van der Waals surface area contributed by atoms with Crippen LogP contribution in [0.4, 0.5) is 14.9 Å². The second-order valence-electron chi connectivity index (χ2n) is 4.77. The van der Waals surface area contributed by atoms with Gasteiger partial charge < -0.3 is 15.7 Å². The van der Waals surface area contributed by atoms with Crippen molar-refractivity contribution in [3.8, 4) is 0 Å². The predicted octanol–water partition coefficient (Wildman–Crippen LogP) is 3.08. The first-order valence-corrected chi connectivity index (χ1v) is 6.45. The second kappa shape index (κ2) is 6.88. The van der Waals surface area contributed by atoms with Crippen LogP contribution >= 0.6 is 0 Å². The van der Waals surface area contributed by atoms with E-state index < -0.39 is 23.4 Å². The van der Waals surface area contributed by atoms with E-state index in [2.05, 4.69) is 10.6 Å². The monoisotopic (exact) mass is 282 g/mol. The van der Waals surface area contributed by atoms with Gasteiger partial charge in [-0.15, -0.1) is 0 Å². The maximum Gasteiger partial charge on any atom is 0.338 e. The number of rotatable bonds is 5. The van der Waals surface area contributed by atoms with Crippen LogP contribution in [0.5, 0.6) is 0 Å². The third-order valence-corrected chi connectivity index (χ3v) is 3.31. The number of amides is 2. The van der Waals surface area contributed by atoms with Gasteiger partial charge in [0.25, 0.3) is 0 Å². The number of hydrogen-bond acceptors (Lipinski definition) is 2. The number of halogens is 1. The summed E-state index contributed by atoms with van der Waals surface area (Å²) in [7, 11) is 0. The van der Waals surface area contributed by atoms with Crippen molar-refractivity contribution in [3.05, 3.63) is 29.6 Å². The molecule has 110 valence electrons. The van der Waals surface area contributed by atoms with Crippen LogP contribution in [-0.2, 0) is 0 Å². The molecule has 0 saturated heterocycles. The van der Waals surface area contributed by atoms with E-state index in [1.807, 2.05) is 20.8 Å². The Labute approximate surface area is 117 Å². The van der Waals surface area contributed by atoms with Gasteiger partial charge in [0.05, 0.1) is 5.56 Å². The zero-order valence-corrected chi connectivity index (χ0v) is 11.7. The van der Waals surface area contributed by atoms with Crippen LogP contribution in [-0.4, -0.2) is 23.1 Å². The molecule has 1 aromatic carbocycles. The third-order valence-electron chi connectivity index (χ3n) is 3.31. The van der Waals surface area contributed by atoms with Gasteiger partial charge in [-0.2, -0.15) is 0 Å². The lowest BCUT2D eigenvalue weighted by atomic mass is 10.0. The molecule has 0 aliphatic rings. The maximum absolute atomic E-state index is 13.4. The molecule has 2 unspecified atom stereocenters. The van der Waals surface area contributed by atoms with Gasteiger partial charge in [0.15, 0.2) is 0 Å². The lowest BCUT2D eigenvalue weighted by Crippen LogP contribution is -2.39. The number of carboxylic acids is 1. The van der Waals surface area contributed by atoms with Crippen LogP contribution in [0, 0.1) is 11.7 Å². The number of benzene rings is 1. The van der Waals surface area contributed by atoms with E-state index in [4.69, 9.17) is 5.11 Å². The van der Waals surface area contributed by atoms with E-state index >= 15 is 0 Å². The molecule has 0 fully saturated rings. The fourth-order valence-corrected chi connectivity index (χ4v) is 1.64. The molecule has 1 rings (SSSR count). The number of carbonyl (C=O) groups excluding carboxylic acids is 1. The van der Waals surface area contributed by atoms with Crippen molar-refractivity contribution in [2.24, 2.45) is 5.92 Å². The summed E-state index contributed by atoms with van der Waals surface area (Å²) in [6.07, 6.45) is 0.934. The highest BCUT2D eigenvalue weighted by molar-refractivity contribution is 5.91. The number of nitrogens with one attached hydrogen (secondary N) is 2. The minimum absolute atomic E-state index is 0.0110. The van der Waals surface area contributed by atoms with Gasteiger partial charge in [0.1, 0.15) is 5.82 Å². The number of hydrogen-bond donors (Lipinski definition) is 3.